The van der Waals surface area contributed by atoms with Gasteiger partial charge in [0.15, 0.2) is 12.6 Å². The van der Waals surface area contributed by atoms with Gasteiger partial charge in [0, 0.05) is 0 Å². The summed E-state index contributed by atoms with van der Waals surface area (Å²) in [5.41, 5.74) is 1.01. The van der Waals surface area contributed by atoms with Crippen molar-refractivity contribution in [3.8, 4) is 0 Å². The summed E-state index contributed by atoms with van der Waals surface area (Å²) in [5.74, 6) is 0.165. The van der Waals surface area contributed by atoms with Crippen LogP contribution in [0.5, 0.6) is 0 Å². The minimum Gasteiger partial charge on any atom is -0.394 e. The van der Waals surface area contributed by atoms with E-state index in [-0.39, 0.29) is 39.9 Å². The fourth-order valence-electron chi connectivity index (χ4n) is 12.9. The predicted octanol–water partition coefficient (Wildman–Crippen LogP) is 2.95. The molecule has 12 nitrogen and oxygen atoms in total. The maximum Gasteiger partial charge on any atom is 0.187 e. The number of fused-ring (bicyclic) bond motifs is 5. The van der Waals surface area contributed by atoms with Gasteiger partial charge in [-0.05, 0) is 118 Å². The number of aliphatic hydroxyl groups is 8. The number of rotatable bonds is 8. The first-order valence-corrected chi connectivity index (χ1v) is 20.4. The van der Waals surface area contributed by atoms with E-state index in [2.05, 4.69) is 67.5 Å². The molecule has 8 N–H and O–H groups in total. The predicted molar refractivity (Wildman–Crippen MR) is 199 cm³/mol. The molecule has 2 aliphatic heterocycles. The van der Waals surface area contributed by atoms with E-state index >= 15 is 0 Å². The Hall–Kier alpha value is -1.00. The van der Waals surface area contributed by atoms with Gasteiger partial charge in [-0.25, -0.2) is 0 Å². The summed E-state index contributed by atoms with van der Waals surface area (Å²) < 4.78 is 25.2. The van der Waals surface area contributed by atoms with Gasteiger partial charge in [-0.3, -0.25) is 0 Å². The number of allylic oxidation sites excluding steroid dienone is 4. The summed E-state index contributed by atoms with van der Waals surface area (Å²) in [6.45, 7) is 18.5. The second-order valence-electron chi connectivity index (χ2n) is 19.6. The van der Waals surface area contributed by atoms with Crippen LogP contribution in [0.1, 0.15) is 107 Å². The van der Waals surface area contributed by atoms with Gasteiger partial charge in [-0.2, -0.15) is 0 Å². The van der Waals surface area contributed by atoms with Gasteiger partial charge in [0.25, 0.3) is 0 Å². The molecule has 0 aromatic carbocycles. The Balaban J connectivity index is 1.39. The molecular formula is C42H70O12. The highest BCUT2D eigenvalue weighted by Crippen LogP contribution is 2.76. The first-order valence-electron chi connectivity index (χ1n) is 20.4. The lowest BCUT2D eigenvalue weighted by Gasteiger charge is -2.72. The maximum atomic E-state index is 12.2. The number of hydrogen-bond acceptors (Lipinski definition) is 12. The van der Waals surface area contributed by atoms with Crippen molar-refractivity contribution in [2.75, 3.05) is 6.61 Å². The molecule has 0 aromatic heterocycles. The fraction of sp³-hybridized carbons (Fsp3) is 0.905. The Kier molecular flexibility index (Phi) is 12.1. The van der Waals surface area contributed by atoms with Gasteiger partial charge in [0.1, 0.15) is 42.7 Å². The van der Waals surface area contributed by atoms with Crippen LogP contribution in [0.3, 0.4) is 0 Å². The molecule has 5 unspecified atom stereocenters. The van der Waals surface area contributed by atoms with Crippen LogP contribution in [0.25, 0.3) is 0 Å². The van der Waals surface area contributed by atoms with Gasteiger partial charge in [-0.15, -0.1) is 0 Å². The third kappa shape index (κ3) is 6.79. The first kappa shape index (κ1) is 42.6. The van der Waals surface area contributed by atoms with Crippen molar-refractivity contribution >= 4 is 0 Å². The Morgan fingerprint density at radius 2 is 1.44 bits per heavy atom. The molecule has 4 aliphatic carbocycles. The second-order valence-corrected chi connectivity index (χ2v) is 19.6. The van der Waals surface area contributed by atoms with Crippen LogP contribution in [-0.4, -0.2) is 127 Å². The normalized spacial score (nSPS) is 53.3. The van der Waals surface area contributed by atoms with Crippen LogP contribution >= 0.6 is 0 Å². The zero-order valence-corrected chi connectivity index (χ0v) is 33.8. The Labute approximate surface area is 321 Å². The summed E-state index contributed by atoms with van der Waals surface area (Å²) in [7, 11) is 0. The summed E-state index contributed by atoms with van der Waals surface area (Å²) in [5, 5.41) is 88.2. The molecule has 310 valence electrons. The number of aliphatic hydroxyl groups excluding tert-OH is 8. The molecule has 0 radical (unpaired) electrons. The fourth-order valence-corrected chi connectivity index (χ4v) is 12.9. The molecule has 12 heteroatoms. The van der Waals surface area contributed by atoms with E-state index in [1.165, 1.54) is 18.1 Å². The van der Waals surface area contributed by atoms with Gasteiger partial charge in [-0.1, -0.05) is 57.9 Å². The SMILES string of the molecule is CC(C)=CC/C=C(\C)[C@H]1CC[C@]2(C)C1C(O)CC1[C@@]3(C)CC[C@H](O)C(C)(C)C3[C@@H](OC3O[C@H](CO)[C@@H](O)[C@H](O)[C@H]3O[C@@H]3O[C@@H](C)[C@H](O)[C@@H](O)[C@@H]3O)C[C@]12C. The van der Waals surface area contributed by atoms with Crippen molar-refractivity contribution in [3.05, 3.63) is 23.3 Å². The van der Waals surface area contributed by atoms with Gasteiger partial charge < -0.3 is 59.8 Å². The van der Waals surface area contributed by atoms with E-state index in [4.69, 9.17) is 18.9 Å². The molecular weight excluding hydrogens is 696 g/mol. The Morgan fingerprint density at radius 3 is 2.09 bits per heavy atom. The molecule has 6 fully saturated rings. The van der Waals surface area contributed by atoms with Crippen LogP contribution in [0, 0.1) is 45.3 Å². The lowest BCUT2D eigenvalue weighted by Crippen LogP contribution is -2.71. The molecule has 54 heavy (non-hydrogen) atoms. The van der Waals surface area contributed by atoms with E-state index in [0.29, 0.717) is 19.3 Å². The van der Waals surface area contributed by atoms with E-state index in [1.807, 2.05) is 0 Å². The van der Waals surface area contributed by atoms with Crippen LogP contribution in [0.2, 0.25) is 0 Å². The molecule has 4 saturated carbocycles. The summed E-state index contributed by atoms with van der Waals surface area (Å²) >= 11 is 0. The van der Waals surface area contributed by atoms with E-state index in [1.54, 1.807) is 0 Å². The molecule has 2 heterocycles. The van der Waals surface area contributed by atoms with E-state index in [0.717, 1.165) is 25.7 Å². The Morgan fingerprint density at radius 1 is 0.759 bits per heavy atom. The molecule has 0 amide bonds. The van der Waals surface area contributed by atoms with Crippen LogP contribution in [-0.2, 0) is 18.9 Å². The zero-order valence-electron chi connectivity index (χ0n) is 33.8. The van der Waals surface area contributed by atoms with Crippen molar-refractivity contribution in [2.24, 2.45) is 45.3 Å². The highest BCUT2D eigenvalue weighted by Gasteiger charge is 2.73. The van der Waals surface area contributed by atoms with Crippen LogP contribution < -0.4 is 0 Å². The molecule has 6 aliphatic rings. The summed E-state index contributed by atoms with van der Waals surface area (Å²) in [6.07, 6.45) is -6.05. The lowest BCUT2D eigenvalue weighted by atomic mass is 9.34. The molecule has 0 spiro atoms. The minimum atomic E-state index is -1.68. The quantitative estimate of drug-likeness (QED) is 0.133. The lowest BCUT2D eigenvalue weighted by molar-refractivity contribution is -0.381. The van der Waals surface area contributed by atoms with Crippen LogP contribution in [0.15, 0.2) is 23.3 Å². The topological polar surface area (TPSA) is 199 Å². The van der Waals surface area contributed by atoms with Crippen molar-refractivity contribution in [3.63, 3.8) is 0 Å². The average molecular weight is 767 g/mol. The van der Waals surface area contributed by atoms with Gasteiger partial charge in [0.2, 0.25) is 0 Å². The largest absolute Gasteiger partial charge is 0.394 e. The Bertz CT molecular complexity index is 1400. The van der Waals surface area contributed by atoms with Crippen molar-refractivity contribution in [2.45, 2.75) is 187 Å². The van der Waals surface area contributed by atoms with Gasteiger partial charge >= 0.3 is 0 Å². The molecule has 2 saturated heterocycles. The number of ether oxygens (including phenoxy) is 4. The molecule has 6 rings (SSSR count). The highest BCUT2D eigenvalue weighted by atomic mass is 16.8. The third-order valence-electron chi connectivity index (χ3n) is 16.0. The second kappa shape index (κ2) is 15.3. The smallest absolute Gasteiger partial charge is 0.187 e. The average Bonchev–Trinajstić information content (AvgIpc) is 3.48. The highest BCUT2D eigenvalue weighted by molar-refractivity contribution is 5.24. The van der Waals surface area contributed by atoms with Gasteiger partial charge in [0.05, 0.1) is 31.0 Å². The van der Waals surface area contributed by atoms with Crippen molar-refractivity contribution in [1.29, 1.82) is 0 Å². The summed E-state index contributed by atoms with van der Waals surface area (Å²) in [4.78, 5) is 0. The monoisotopic (exact) mass is 766 g/mol. The van der Waals surface area contributed by atoms with Crippen molar-refractivity contribution < 1.29 is 59.8 Å². The standard InChI is InChI=1S/C42H70O12/c1-20(2)11-10-12-21(3)23-13-16-41(8)29(23)24(44)17-27-40(7)15-14-28(45)39(5,6)36(40)25(18-42(27,41)9)52-38-35(33(49)31(47)26(19-43)53-38)54-37-34(50)32(48)30(46)22(4)51-37/h11-12,22-38,43-50H,10,13-19H2,1-9H3/b21-12+/t22-,23+,24?,25-,26+,27?,28-,29?,30-,31+,32+,33-,34-,35+,36?,37-,38?,40+,41+,42+/m0/s1. The molecule has 0 aromatic rings. The first-order chi connectivity index (χ1) is 25.1. The third-order valence-corrected chi connectivity index (χ3v) is 16.0. The minimum absolute atomic E-state index is 0.0381. The number of hydrogen-bond donors (Lipinski definition) is 8. The van der Waals surface area contributed by atoms with Crippen LogP contribution in [0.4, 0.5) is 0 Å². The summed E-state index contributed by atoms with van der Waals surface area (Å²) in [6, 6.07) is 0. The molecule has 20 atom stereocenters. The van der Waals surface area contributed by atoms with E-state index in [9.17, 15) is 40.9 Å². The zero-order chi connectivity index (χ0) is 39.9. The maximum absolute atomic E-state index is 12.2. The van der Waals surface area contributed by atoms with Crippen molar-refractivity contribution in [1.82, 2.24) is 0 Å². The van der Waals surface area contributed by atoms with E-state index < -0.39 is 91.7 Å². The molecule has 0 bridgehead atoms.